The predicted octanol–water partition coefficient (Wildman–Crippen LogP) is 3.71. The van der Waals surface area contributed by atoms with Crippen molar-refractivity contribution in [2.75, 3.05) is 6.61 Å². The number of hydrogen-bond donors (Lipinski definition) is 1. The lowest BCUT2D eigenvalue weighted by atomic mass is 10.0. The van der Waals surface area contributed by atoms with Gasteiger partial charge in [-0.1, -0.05) is 12.1 Å². The highest BCUT2D eigenvalue weighted by molar-refractivity contribution is 7.15. The fraction of sp³-hybridized carbons (Fsp3) is 0.400. The van der Waals surface area contributed by atoms with Gasteiger partial charge in [0.15, 0.2) is 0 Å². The lowest BCUT2D eigenvalue weighted by Crippen LogP contribution is -2.28. The molecule has 0 unspecified atom stereocenters. The van der Waals surface area contributed by atoms with Gasteiger partial charge in [-0.15, -0.1) is 11.3 Å². The largest absolute Gasteiger partial charge is 0.493 e. The number of rotatable bonds is 4. The number of thiazole rings is 1. The number of para-hydroxylation sites is 1. The van der Waals surface area contributed by atoms with E-state index in [1.807, 2.05) is 52.0 Å². The van der Waals surface area contributed by atoms with Crippen LogP contribution in [0.2, 0.25) is 0 Å². The summed E-state index contributed by atoms with van der Waals surface area (Å²) >= 11 is 1.64. The van der Waals surface area contributed by atoms with Crippen LogP contribution in [0.1, 0.15) is 31.3 Å². The zero-order valence-electron chi connectivity index (χ0n) is 11.9. The molecule has 1 heterocycles. The first-order valence-electron chi connectivity index (χ1n) is 6.42. The van der Waals surface area contributed by atoms with E-state index in [0.29, 0.717) is 6.61 Å². The van der Waals surface area contributed by atoms with Gasteiger partial charge >= 0.3 is 0 Å². The Kier molecular flexibility index (Phi) is 3.92. The van der Waals surface area contributed by atoms with Crippen molar-refractivity contribution in [2.45, 2.75) is 33.2 Å². The summed E-state index contributed by atoms with van der Waals surface area (Å²) in [6.07, 6.45) is 0. The average Bonchev–Trinajstić information content (AvgIpc) is 2.72. The van der Waals surface area contributed by atoms with Crippen molar-refractivity contribution in [3.05, 3.63) is 34.8 Å². The van der Waals surface area contributed by atoms with Crippen molar-refractivity contribution in [2.24, 2.45) is 5.73 Å². The maximum Gasteiger partial charge on any atom is 0.129 e. The summed E-state index contributed by atoms with van der Waals surface area (Å²) in [5.41, 5.74) is 7.86. The molecule has 0 atom stereocenters. The van der Waals surface area contributed by atoms with E-state index in [-0.39, 0.29) is 5.54 Å². The quantitative estimate of drug-likeness (QED) is 0.926. The highest BCUT2D eigenvalue weighted by Crippen LogP contribution is 2.37. The molecule has 3 nitrogen and oxygen atoms in total. The maximum absolute atomic E-state index is 6.18. The zero-order chi connectivity index (χ0) is 14.0. The molecule has 0 aliphatic rings. The predicted molar refractivity (Wildman–Crippen MR) is 80.7 cm³/mol. The Morgan fingerprint density at radius 1 is 1.32 bits per heavy atom. The van der Waals surface area contributed by atoms with Crippen molar-refractivity contribution in [3.8, 4) is 16.3 Å². The van der Waals surface area contributed by atoms with Crippen LogP contribution in [0.4, 0.5) is 0 Å². The topological polar surface area (TPSA) is 48.1 Å². The number of benzene rings is 1. The van der Waals surface area contributed by atoms with Crippen molar-refractivity contribution >= 4 is 11.3 Å². The first kappa shape index (κ1) is 14.0. The van der Waals surface area contributed by atoms with Crippen molar-refractivity contribution in [3.63, 3.8) is 0 Å². The molecule has 1 aromatic carbocycles. The van der Waals surface area contributed by atoms with Gasteiger partial charge in [-0.05, 0) is 39.8 Å². The number of nitrogens with two attached hydrogens (primary N) is 1. The molecule has 0 fully saturated rings. The Balaban J connectivity index is 2.49. The highest BCUT2D eigenvalue weighted by atomic mass is 32.1. The van der Waals surface area contributed by atoms with Crippen LogP contribution >= 0.6 is 11.3 Å². The lowest BCUT2D eigenvalue weighted by molar-refractivity contribution is 0.341. The Morgan fingerprint density at radius 2 is 2.00 bits per heavy atom. The van der Waals surface area contributed by atoms with E-state index in [1.165, 1.54) is 0 Å². The van der Waals surface area contributed by atoms with E-state index < -0.39 is 0 Å². The van der Waals surface area contributed by atoms with Crippen LogP contribution in [0.3, 0.4) is 0 Å². The molecule has 0 aliphatic heterocycles. The van der Waals surface area contributed by atoms with E-state index in [0.717, 1.165) is 26.9 Å². The normalized spacial score (nSPS) is 11.6. The van der Waals surface area contributed by atoms with Crippen LogP contribution in [0.15, 0.2) is 24.3 Å². The highest BCUT2D eigenvalue weighted by Gasteiger charge is 2.22. The van der Waals surface area contributed by atoms with Gasteiger partial charge in [0.25, 0.3) is 0 Å². The summed E-state index contributed by atoms with van der Waals surface area (Å²) in [5, 5.41) is 0.968. The fourth-order valence-corrected chi connectivity index (χ4v) is 3.15. The van der Waals surface area contributed by atoms with Crippen LogP contribution < -0.4 is 10.5 Å². The second-order valence-corrected chi connectivity index (χ2v) is 6.08. The van der Waals surface area contributed by atoms with Crippen LogP contribution in [0.5, 0.6) is 5.75 Å². The van der Waals surface area contributed by atoms with Crippen molar-refractivity contribution in [1.82, 2.24) is 4.98 Å². The second-order valence-electron chi connectivity index (χ2n) is 5.08. The SMILES string of the molecule is CCOc1ccccc1-c1nc(C)c(C(C)(C)N)s1. The molecule has 0 amide bonds. The van der Waals surface area contributed by atoms with E-state index >= 15 is 0 Å². The Bertz CT molecular complexity index is 570. The molecule has 102 valence electrons. The van der Waals surface area contributed by atoms with Crippen molar-refractivity contribution < 1.29 is 4.74 Å². The second kappa shape index (κ2) is 5.31. The lowest BCUT2D eigenvalue weighted by Gasteiger charge is -2.16. The van der Waals surface area contributed by atoms with Gasteiger partial charge in [0.1, 0.15) is 10.8 Å². The van der Waals surface area contributed by atoms with E-state index in [1.54, 1.807) is 11.3 Å². The standard InChI is InChI=1S/C15H20N2OS/c1-5-18-12-9-7-6-8-11(12)14-17-10(2)13(19-14)15(3,4)16/h6-9H,5,16H2,1-4H3. The van der Waals surface area contributed by atoms with Gasteiger partial charge in [-0.25, -0.2) is 4.98 Å². The first-order chi connectivity index (χ1) is 8.93. The Morgan fingerprint density at radius 3 is 2.58 bits per heavy atom. The maximum atomic E-state index is 6.18. The summed E-state index contributed by atoms with van der Waals surface area (Å²) in [6, 6.07) is 7.99. The molecule has 0 radical (unpaired) electrons. The van der Waals surface area contributed by atoms with Gasteiger partial charge in [0.05, 0.1) is 17.9 Å². The average molecular weight is 276 g/mol. The number of aryl methyl sites for hydroxylation is 1. The molecule has 0 saturated carbocycles. The summed E-state index contributed by atoms with van der Waals surface area (Å²) in [4.78, 5) is 5.77. The molecule has 1 aromatic heterocycles. The molecule has 0 bridgehead atoms. The number of nitrogens with zero attached hydrogens (tertiary/aromatic N) is 1. The Hall–Kier alpha value is -1.39. The first-order valence-corrected chi connectivity index (χ1v) is 7.24. The van der Waals surface area contributed by atoms with Gasteiger partial charge in [-0.3, -0.25) is 0 Å². The van der Waals surface area contributed by atoms with Crippen LogP contribution in [0, 0.1) is 6.92 Å². The smallest absolute Gasteiger partial charge is 0.129 e. The molecular formula is C15H20N2OS. The van der Waals surface area contributed by atoms with Crippen LogP contribution in [0.25, 0.3) is 10.6 Å². The number of aromatic nitrogens is 1. The molecule has 0 saturated heterocycles. The fourth-order valence-electron chi connectivity index (χ4n) is 2.03. The molecule has 19 heavy (non-hydrogen) atoms. The third-order valence-electron chi connectivity index (χ3n) is 2.80. The summed E-state index contributed by atoms with van der Waals surface area (Å²) in [7, 11) is 0. The third kappa shape index (κ3) is 2.96. The minimum absolute atomic E-state index is 0.361. The minimum Gasteiger partial charge on any atom is -0.493 e. The van der Waals surface area contributed by atoms with E-state index in [2.05, 4.69) is 4.98 Å². The van der Waals surface area contributed by atoms with Crippen LogP contribution in [-0.4, -0.2) is 11.6 Å². The molecule has 2 N–H and O–H groups in total. The molecule has 0 aliphatic carbocycles. The number of ether oxygens (including phenoxy) is 1. The van der Waals surface area contributed by atoms with Crippen molar-refractivity contribution in [1.29, 1.82) is 0 Å². The Labute approximate surface area is 118 Å². The summed E-state index contributed by atoms with van der Waals surface area (Å²) in [5.74, 6) is 0.875. The number of hydrogen-bond acceptors (Lipinski definition) is 4. The third-order valence-corrected chi connectivity index (χ3v) is 4.33. The molecule has 4 heteroatoms. The molecule has 2 aromatic rings. The van der Waals surface area contributed by atoms with E-state index in [4.69, 9.17) is 10.5 Å². The van der Waals surface area contributed by atoms with Gasteiger partial charge in [-0.2, -0.15) is 0 Å². The zero-order valence-corrected chi connectivity index (χ0v) is 12.7. The van der Waals surface area contributed by atoms with Crippen LogP contribution in [-0.2, 0) is 5.54 Å². The van der Waals surface area contributed by atoms with Gasteiger partial charge in [0.2, 0.25) is 0 Å². The summed E-state index contributed by atoms with van der Waals surface area (Å²) < 4.78 is 5.66. The minimum atomic E-state index is -0.361. The van der Waals surface area contributed by atoms with Gasteiger partial charge < -0.3 is 10.5 Å². The molecule has 0 spiro atoms. The monoisotopic (exact) mass is 276 g/mol. The molecular weight excluding hydrogens is 256 g/mol. The molecule has 2 rings (SSSR count). The van der Waals surface area contributed by atoms with E-state index in [9.17, 15) is 0 Å². The summed E-state index contributed by atoms with van der Waals surface area (Å²) in [6.45, 7) is 8.65. The van der Waals surface area contributed by atoms with Gasteiger partial charge in [0, 0.05) is 10.4 Å².